The van der Waals surface area contributed by atoms with Crippen LogP contribution in [0.3, 0.4) is 0 Å². The Morgan fingerprint density at radius 3 is 2.41 bits per heavy atom. The van der Waals surface area contributed by atoms with Crippen LogP contribution < -0.4 is 20.7 Å². The summed E-state index contributed by atoms with van der Waals surface area (Å²) in [5.41, 5.74) is 7.78. The Hall–Kier alpha value is -3.39. The van der Waals surface area contributed by atoms with Crippen LogP contribution in [0.25, 0.3) is 0 Å². The first-order valence-electron chi connectivity index (χ1n) is 10.7. The van der Waals surface area contributed by atoms with E-state index in [0.29, 0.717) is 23.4 Å². The number of allylic oxidation sites excluding steroid dienone is 2. The third kappa shape index (κ3) is 4.31. The number of halogens is 1. The van der Waals surface area contributed by atoms with Crippen molar-refractivity contribution in [1.82, 2.24) is 10.2 Å². The molecule has 1 heterocycles. The van der Waals surface area contributed by atoms with Crippen molar-refractivity contribution in [3.05, 3.63) is 70.8 Å². The molecule has 4 rings (SSSR count). The number of hydrogen-bond donors (Lipinski definition) is 2. The molecule has 2 aromatic carbocycles. The first-order chi connectivity index (χ1) is 15.5. The molecule has 1 aliphatic carbocycles. The molecule has 7 nitrogen and oxygen atoms in total. The highest BCUT2D eigenvalue weighted by Crippen LogP contribution is 2.29. The largest absolute Gasteiger partial charge is 0.494 e. The highest BCUT2D eigenvalue weighted by Gasteiger charge is 2.30. The molecule has 0 atom stereocenters. The van der Waals surface area contributed by atoms with Crippen LogP contribution in [0.2, 0.25) is 0 Å². The summed E-state index contributed by atoms with van der Waals surface area (Å²) in [5.74, 6) is -0.314. The number of ether oxygens (including phenoxy) is 1. The maximum atomic E-state index is 13.5. The smallest absolute Gasteiger partial charge is 0.211 e. The van der Waals surface area contributed by atoms with E-state index >= 15 is 0 Å². The number of piperazine rings is 1. The fourth-order valence-corrected chi connectivity index (χ4v) is 4.21. The molecule has 1 aliphatic heterocycles. The van der Waals surface area contributed by atoms with Gasteiger partial charge in [-0.1, -0.05) is 24.3 Å². The van der Waals surface area contributed by atoms with E-state index in [1.165, 1.54) is 12.1 Å². The molecule has 1 fully saturated rings. The van der Waals surface area contributed by atoms with Crippen molar-refractivity contribution in [2.45, 2.75) is 6.42 Å². The molecule has 0 aromatic heterocycles. The summed E-state index contributed by atoms with van der Waals surface area (Å²) in [6, 6.07) is 11.4. The van der Waals surface area contributed by atoms with Gasteiger partial charge >= 0.3 is 0 Å². The van der Waals surface area contributed by atoms with E-state index in [2.05, 4.69) is 15.1 Å². The van der Waals surface area contributed by atoms with Crippen LogP contribution in [-0.2, 0) is 0 Å². The lowest BCUT2D eigenvalue weighted by atomic mass is 9.90. The number of anilines is 1. The number of Topliss-reactive ketones (excluding diaryl/α,β-unsaturated/α-hetero) is 2. The van der Waals surface area contributed by atoms with Gasteiger partial charge < -0.3 is 20.7 Å². The molecule has 0 spiro atoms. The molecule has 8 heteroatoms. The number of carbonyl (C=O) groups is 2. The normalized spacial score (nSPS) is 16.9. The number of ketones is 2. The summed E-state index contributed by atoms with van der Waals surface area (Å²) in [6.07, 6.45) is 0.805. The maximum absolute atomic E-state index is 13.5. The predicted octanol–water partition coefficient (Wildman–Crippen LogP) is 2.19. The van der Waals surface area contributed by atoms with Gasteiger partial charge in [-0.25, -0.2) is 4.39 Å². The molecule has 3 N–H and O–H groups in total. The predicted molar refractivity (Wildman–Crippen MR) is 121 cm³/mol. The van der Waals surface area contributed by atoms with Crippen molar-refractivity contribution < 1.29 is 18.7 Å². The van der Waals surface area contributed by atoms with Gasteiger partial charge in [-0.3, -0.25) is 14.5 Å². The molecule has 0 bridgehead atoms. The molecule has 2 aliphatic rings. The van der Waals surface area contributed by atoms with Crippen molar-refractivity contribution in [2.75, 3.05) is 51.3 Å². The van der Waals surface area contributed by atoms with E-state index in [1.807, 2.05) is 0 Å². The zero-order chi connectivity index (χ0) is 22.7. The first-order valence-corrected chi connectivity index (χ1v) is 10.7. The number of methoxy groups -OCH3 is 1. The van der Waals surface area contributed by atoms with Gasteiger partial charge in [0.2, 0.25) is 11.6 Å². The SMILES string of the molecule is COc1cc(F)ccc1N1CCN(CCCNC2=C(N)C(=O)c3ccccc3C2=O)CC1. The summed E-state index contributed by atoms with van der Waals surface area (Å²) < 4.78 is 18.8. The minimum atomic E-state index is -0.311. The number of fused-ring (bicyclic) bond motifs is 1. The summed E-state index contributed by atoms with van der Waals surface area (Å²) in [4.78, 5) is 29.7. The Bertz CT molecular complexity index is 1060. The minimum absolute atomic E-state index is 0.0180. The van der Waals surface area contributed by atoms with Crippen molar-refractivity contribution in [1.29, 1.82) is 0 Å². The number of rotatable bonds is 7. The zero-order valence-electron chi connectivity index (χ0n) is 18.1. The van der Waals surface area contributed by atoms with Crippen molar-refractivity contribution in [3.8, 4) is 5.75 Å². The highest BCUT2D eigenvalue weighted by molar-refractivity contribution is 6.26. The third-order valence-electron chi connectivity index (χ3n) is 5.96. The van der Waals surface area contributed by atoms with E-state index in [4.69, 9.17) is 10.5 Å². The van der Waals surface area contributed by atoms with Crippen LogP contribution in [0.15, 0.2) is 53.9 Å². The van der Waals surface area contributed by atoms with Gasteiger partial charge in [0.25, 0.3) is 0 Å². The quantitative estimate of drug-likeness (QED) is 0.641. The van der Waals surface area contributed by atoms with Crippen LogP contribution in [0.1, 0.15) is 27.1 Å². The zero-order valence-corrected chi connectivity index (χ0v) is 18.1. The fraction of sp³-hybridized carbons (Fsp3) is 0.333. The van der Waals surface area contributed by atoms with E-state index in [1.54, 1.807) is 37.4 Å². The minimum Gasteiger partial charge on any atom is -0.494 e. The van der Waals surface area contributed by atoms with E-state index in [-0.39, 0.29) is 28.8 Å². The first kappa shape index (κ1) is 21.8. The van der Waals surface area contributed by atoms with Gasteiger partial charge in [0, 0.05) is 49.9 Å². The van der Waals surface area contributed by atoms with Gasteiger partial charge in [-0.15, -0.1) is 0 Å². The van der Waals surface area contributed by atoms with Crippen molar-refractivity contribution in [3.63, 3.8) is 0 Å². The van der Waals surface area contributed by atoms with Gasteiger partial charge in [0.1, 0.15) is 23.0 Å². The second-order valence-corrected chi connectivity index (χ2v) is 7.92. The van der Waals surface area contributed by atoms with E-state index in [0.717, 1.165) is 44.8 Å². The molecule has 1 saturated heterocycles. The topological polar surface area (TPSA) is 87.9 Å². The number of hydrogen-bond acceptors (Lipinski definition) is 7. The van der Waals surface area contributed by atoms with Crippen LogP contribution in [-0.4, -0.2) is 62.8 Å². The Kier molecular flexibility index (Phi) is 6.41. The van der Waals surface area contributed by atoms with Crippen LogP contribution in [0, 0.1) is 5.82 Å². The van der Waals surface area contributed by atoms with Gasteiger partial charge in [-0.05, 0) is 25.1 Å². The lowest BCUT2D eigenvalue weighted by molar-refractivity contribution is 0.0967. The Morgan fingerprint density at radius 2 is 1.72 bits per heavy atom. The number of nitrogens with two attached hydrogens (primary N) is 1. The van der Waals surface area contributed by atoms with Gasteiger partial charge in [0.15, 0.2) is 0 Å². The Labute approximate surface area is 186 Å². The summed E-state index contributed by atoms with van der Waals surface area (Å²) in [5, 5.41) is 3.08. The van der Waals surface area contributed by atoms with E-state index in [9.17, 15) is 14.0 Å². The highest BCUT2D eigenvalue weighted by atomic mass is 19.1. The van der Waals surface area contributed by atoms with Crippen LogP contribution >= 0.6 is 0 Å². The number of nitrogens with one attached hydrogen (secondary N) is 1. The Balaban J connectivity index is 1.27. The lowest BCUT2D eigenvalue weighted by Crippen LogP contribution is -2.47. The van der Waals surface area contributed by atoms with Crippen LogP contribution in [0.4, 0.5) is 10.1 Å². The second kappa shape index (κ2) is 9.40. The molecular weight excluding hydrogens is 411 g/mol. The second-order valence-electron chi connectivity index (χ2n) is 7.92. The summed E-state index contributed by atoms with van der Waals surface area (Å²) in [6.45, 7) is 4.78. The van der Waals surface area contributed by atoms with Crippen LogP contribution in [0.5, 0.6) is 5.75 Å². The third-order valence-corrected chi connectivity index (χ3v) is 5.96. The monoisotopic (exact) mass is 438 g/mol. The molecule has 0 saturated carbocycles. The molecular formula is C24H27FN4O3. The molecule has 0 amide bonds. The number of benzene rings is 2. The van der Waals surface area contributed by atoms with E-state index < -0.39 is 0 Å². The molecule has 0 unspecified atom stereocenters. The van der Waals surface area contributed by atoms with Gasteiger partial charge in [-0.2, -0.15) is 0 Å². The molecule has 168 valence electrons. The molecule has 2 aromatic rings. The summed E-state index contributed by atoms with van der Waals surface area (Å²) >= 11 is 0. The molecule has 0 radical (unpaired) electrons. The molecule has 32 heavy (non-hydrogen) atoms. The van der Waals surface area contributed by atoms with Crippen molar-refractivity contribution in [2.24, 2.45) is 5.73 Å². The average Bonchev–Trinajstić information content (AvgIpc) is 2.82. The fourth-order valence-electron chi connectivity index (χ4n) is 4.21. The standard InChI is InChI=1S/C24H27FN4O3/c1-32-20-15-16(25)7-8-19(20)29-13-11-28(12-14-29)10-4-9-27-22-21(26)23(30)17-5-2-3-6-18(17)24(22)31/h2-3,5-8,15,27H,4,9-14,26H2,1H3. The Morgan fingerprint density at radius 1 is 1.03 bits per heavy atom. The average molecular weight is 439 g/mol. The number of nitrogens with zero attached hydrogens (tertiary/aromatic N) is 2. The maximum Gasteiger partial charge on any atom is 0.211 e. The van der Waals surface area contributed by atoms with Gasteiger partial charge in [0.05, 0.1) is 12.8 Å². The lowest BCUT2D eigenvalue weighted by Gasteiger charge is -2.36. The van der Waals surface area contributed by atoms with Crippen molar-refractivity contribution >= 4 is 17.3 Å². The summed E-state index contributed by atoms with van der Waals surface area (Å²) in [7, 11) is 1.55. The number of carbonyl (C=O) groups excluding carboxylic acids is 2.